The van der Waals surface area contributed by atoms with E-state index in [0.29, 0.717) is 40.6 Å². The van der Waals surface area contributed by atoms with Crippen molar-refractivity contribution in [2.45, 2.75) is 26.3 Å². The molecule has 1 amide bonds. The lowest BCUT2D eigenvalue weighted by Gasteiger charge is -2.28. The maximum absolute atomic E-state index is 14.5. The molecule has 4 rings (SSSR count). The molecule has 31 heavy (non-hydrogen) atoms. The van der Waals surface area contributed by atoms with Crippen LogP contribution in [0.15, 0.2) is 36.4 Å². The molecule has 1 aromatic heterocycles. The molecule has 162 valence electrons. The Kier molecular flexibility index (Phi) is 5.39. The van der Waals surface area contributed by atoms with Gasteiger partial charge in [0.2, 0.25) is 0 Å². The number of anilines is 1. The van der Waals surface area contributed by atoms with Crippen LogP contribution in [0.2, 0.25) is 0 Å². The van der Waals surface area contributed by atoms with Gasteiger partial charge < -0.3 is 9.47 Å². The first-order valence-electron chi connectivity index (χ1n) is 9.93. The van der Waals surface area contributed by atoms with Crippen LogP contribution in [0.5, 0.6) is 11.5 Å². The maximum atomic E-state index is 14.5. The molecule has 0 fully saturated rings. The van der Waals surface area contributed by atoms with Crippen molar-refractivity contribution in [3.05, 3.63) is 70.5 Å². The summed E-state index contributed by atoms with van der Waals surface area (Å²) in [6.07, 6.45) is 0.643. The molecule has 6 nitrogen and oxygen atoms in total. The van der Waals surface area contributed by atoms with Crippen LogP contribution >= 0.6 is 0 Å². The van der Waals surface area contributed by atoms with Crippen LogP contribution in [0.4, 0.5) is 14.5 Å². The SMILES string of the molecule is COc1ccc(N2C(=O)c3[nH]nc(CC(C)C)c3C2c2ccc(F)cc2OC)cc1F. The van der Waals surface area contributed by atoms with E-state index < -0.39 is 17.7 Å². The number of benzene rings is 2. The van der Waals surface area contributed by atoms with E-state index in [0.717, 1.165) is 5.69 Å². The summed E-state index contributed by atoms with van der Waals surface area (Å²) in [6, 6.07) is 7.85. The highest BCUT2D eigenvalue weighted by Crippen LogP contribution is 2.46. The molecule has 1 aliphatic rings. The van der Waals surface area contributed by atoms with E-state index in [1.54, 1.807) is 12.1 Å². The van der Waals surface area contributed by atoms with Crippen molar-refractivity contribution in [1.82, 2.24) is 10.2 Å². The van der Waals surface area contributed by atoms with Crippen molar-refractivity contribution in [2.24, 2.45) is 5.92 Å². The highest BCUT2D eigenvalue weighted by molar-refractivity contribution is 6.10. The molecule has 1 atom stereocenters. The summed E-state index contributed by atoms with van der Waals surface area (Å²) >= 11 is 0. The Morgan fingerprint density at radius 3 is 2.48 bits per heavy atom. The van der Waals surface area contributed by atoms with E-state index in [1.807, 2.05) is 0 Å². The van der Waals surface area contributed by atoms with E-state index in [4.69, 9.17) is 9.47 Å². The number of amides is 1. The van der Waals surface area contributed by atoms with E-state index in [2.05, 4.69) is 24.0 Å². The molecule has 0 spiro atoms. The number of nitrogens with one attached hydrogen (secondary N) is 1. The monoisotopic (exact) mass is 427 g/mol. The minimum absolute atomic E-state index is 0.0759. The minimum Gasteiger partial charge on any atom is -0.496 e. The molecule has 0 aliphatic carbocycles. The molecule has 2 heterocycles. The van der Waals surface area contributed by atoms with E-state index >= 15 is 0 Å². The van der Waals surface area contributed by atoms with Gasteiger partial charge in [0.05, 0.1) is 26.0 Å². The molecule has 0 radical (unpaired) electrons. The zero-order chi connectivity index (χ0) is 22.3. The van der Waals surface area contributed by atoms with E-state index in [-0.39, 0.29) is 11.7 Å². The van der Waals surface area contributed by atoms with Gasteiger partial charge in [0.1, 0.15) is 17.3 Å². The van der Waals surface area contributed by atoms with Crippen LogP contribution in [0, 0.1) is 17.6 Å². The Morgan fingerprint density at radius 1 is 1.10 bits per heavy atom. The summed E-state index contributed by atoms with van der Waals surface area (Å²) in [5.74, 6) is -0.729. The number of methoxy groups -OCH3 is 2. The standard InChI is InChI=1S/C23H23F2N3O3/c1-12(2)9-17-20-21(27-26-17)23(29)28(14-6-8-18(30-3)16(25)11-14)22(20)15-7-5-13(24)10-19(15)31-4/h5-8,10-12,22H,9H2,1-4H3,(H,26,27). The fourth-order valence-electron chi connectivity index (χ4n) is 4.03. The van der Waals surface area contributed by atoms with Gasteiger partial charge in [-0.2, -0.15) is 5.10 Å². The van der Waals surface area contributed by atoms with Crippen LogP contribution in [0.1, 0.15) is 47.2 Å². The number of hydrogen-bond acceptors (Lipinski definition) is 4. The predicted molar refractivity (Wildman–Crippen MR) is 112 cm³/mol. The quantitative estimate of drug-likeness (QED) is 0.622. The second-order valence-electron chi connectivity index (χ2n) is 7.84. The predicted octanol–water partition coefficient (Wildman–Crippen LogP) is 4.65. The zero-order valence-corrected chi connectivity index (χ0v) is 17.7. The van der Waals surface area contributed by atoms with Crippen molar-refractivity contribution in [2.75, 3.05) is 19.1 Å². The third kappa shape index (κ3) is 3.52. The highest BCUT2D eigenvalue weighted by atomic mass is 19.1. The number of nitrogens with zero attached hydrogens (tertiary/aromatic N) is 2. The highest BCUT2D eigenvalue weighted by Gasteiger charge is 2.44. The van der Waals surface area contributed by atoms with Crippen LogP contribution in [-0.2, 0) is 6.42 Å². The minimum atomic E-state index is -0.654. The Balaban J connectivity index is 1.93. The third-order valence-corrected chi connectivity index (χ3v) is 5.35. The molecule has 1 aliphatic heterocycles. The maximum Gasteiger partial charge on any atom is 0.277 e. The summed E-state index contributed by atoms with van der Waals surface area (Å²) < 4.78 is 38.8. The lowest BCUT2D eigenvalue weighted by atomic mass is 9.94. The first-order chi connectivity index (χ1) is 14.8. The lowest BCUT2D eigenvalue weighted by molar-refractivity contribution is 0.0988. The molecule has 1 N–H and O–H groups in total. The number of rotatable bonds is 6. The van der Waals surface area contributed by atoms with Crippen LogP contribution < -0.4 is 14.4 Å². The lowest BCUT2D eigenvalue weighted by Crippen LogP contribution is -2.30. The zero-order valence-electron chi connectivity index (χ0n) is 17.7. The molecule has 0 bridgehead atoms. The Labute approximate surface area is 178 Å². The summed E-state index contributed by atoms with van der Waals surface area (Å²) in [7, 11) is 2.82. The topological polar surface area (TPSA) is 67.5 Å². The summed E-state index contributed by atoms with van der Waals surface area (Å²) in [5, 5.41) is 7.22. The molecule has 0 saturated carbocycles. The number of hydrogen-bond donors (Lipinski definition) is 1. The van der Waals surface area contributed by atoms with E-state index in [9.17, 15) is 13.6 Å². The molecule has 0 saturated heterocycles. The van der Waals surface area contributed by atoms with Gasteiger partial charge in [0.15, 0.2) is 11.6 Å². The Hall–Kier alpha value is -3.42. The normalized spacial score (nSPS) is 15.5. The number of carbonyl (C=O) groups excluding carboxylic acids is 1. The van der Waals surface area contributed by atoms with Crippen molar-refractivity contribution in [3.63, 3.8) is 0 Å². The molecular weight excluding hydrogens is 404 g/mol. The first-order valence-corrected chi connectivity index (χ1v) is 9.93. The van der Waals surface area contributed by atoms with Gasteiger partial charge in [0, 0.05) is 28.9 Å². The largest absolute Gasteiger partial charge is 0.496 e. The van der Waals surface area contributed by atoms with Crippen molar-refractivity contribution in [1.29, 1.82) is 0 Å². The Bertz CT molecular complexity index is 1140. The van der Waals surface area contributed by atoms with Crippen LogP contribution in [-0.4, -0.2) is 30.3 Å². The van der Waals surface area contributed by atoms with Gasteiger partial charge in [-0.1, -0.05) is 13.8 Å². The average molecular weight is 427 g/mol. The molecule has 2 aromatic carbocycles. The summed E-state index contributed by atoms with van der Waals surface area (Å²) in [6.45, 7) is 4.11. The number of H-pyrrole nitrogens is 1. The van der Waals surface area contributed by atoms with Crippen molar-refractivity contribution < 1.29 is 23.0 Å². The van der Waals surface area contributed by atoms with Crippen molar-refractivity contribution >= 4 is 11.6 Å². The van der Waals surface area contributed by atoms with Gasteiger partial charge in [-0.25, -0.2) is 8.78 Å². The van der Waals surface area contributed by atoms with E-state index in [1.165, 1.54) is 43.4 Å². The second kappa shape index (κ2) is 8.02. The number of halogens is 2. The van der Waals surface area contributed by atoms with Gasteiger partial charge in [-0.15, -0.1) is 0 Å². The number of aromatic amines is 1. The number of fused-ring (bicyclic) bond motifs is 1. The van der Waals surface area contributed by atoms with Gasteiger partial charge in [-0.05, 0) is 36.6 Å². The Morgan fingerprint density at radius 2 is 1.84 bits per heavy atom. The molecular formula is C23H23F2N3O3. The smallest absolute Gasteiger partial charge is 0.277 e. The fraction of sp³-hybridized carbons (Fsp3) is 0.304. The molecule has 8 heteroatoms. The second-order valence-corrected chi connectivity index (χ2v) is 7.84. The molecule has 3 aromatic rings. The average Bonchev–Trinajstić information content (AvgIpc) is 3.26. The van der Waals surface area contributed by atoms with Crippen molar-refractivity contribution in [3.8, 4) is 11.5 Å². The fourth-order valence-corrected chi connectivity index (χ4v) is 4.03. The number of aromatic nitrogens is 2. The first kappa shape index (κ1) is 20.8. The summed E-state index contributed by atoms with van der Waals surface area (Å²) in [4.78, 5) is 14.9. The van der Waals surface area contributed by atoms with Gasteiger partial charge in [0.25, 0.3) is 5.91 Å². The summed E-state index contributed by atoms with van der Waals surface area (Å²) in [5.41, 5.74) is 2.70. The molecule has 1 unspecified atom stereocenters. The number of ether oxygens (including phenoxy) is 2. The number of carbonyl (C=O) groups is 1. The van der Waals surface area contributed by atoms with Gasteiger partial charge in [-0.3, -0.25) is 14.8 Å². The van der Waals surface area contributed by atoms with Crippen LogP contribution in [0.3, 0.4) is 0 Å². The third-order valence-electron chi connectivity index (χ3n) is 5.35. The van der Waals surface area contributed by atoms with Gasteiger partial charge >= 0.3 is 0 Å². The van der Waals surface area contributed by atoms with Crippen LogP contribution in [0.25, 0.3) is 0 Å².